The van der Waals surface area contributed by atoms with Crippen LogP contribution in [0, 0.1) is 5.82 Å². The summed E-state index contributed by atoms with van der Waals surface area (Å²) in [6.45, 7) is 0. The van der Waals surface area contributed by atoms with Gasteiger partial charge in [0.05, 0.1) is 0 Å². The highest BCUT2D eigenvalue weighted by atomic mass is 19.1. The Morgan fingerprint density at radius 1 is 1.19 bits per heavy atom. The lowest BCUT2D eigenvalue weighted by Crippen LogP contribution is -2.20. The number of rotatable bonds is 2. The number of benzene rings is 2. The average molecular weight is 219 g/mol. The van der Waals surface area contributed by atoms with Gasteiger partial charge in [0.15, 0.2) is 0 Å². The second kappa shape index (κ2) is 3.90. The van der Waals surface area contributed by atoms with Gasteiger partial charge in [-0.15, -0.1) is 0 Å². The smallest absolute Gasteiger partial charge is 0.325 e. The molecule has 0 aliphatic heterocycles. The molecule has 0 fully saturated rings. The standard InChI is InChI=1S/C12H10FNO2/c13-10-6-5-9(11(14)12(15)16)7-3-1-2-4-8(7)10/h1-6,11H,14H2,(H,15,16)/t11-/m0/s1. The Hall–Kier alpha value is -1.94. The maximum absolute atomic E-state index is 13.4. The highest BCUT2D eigenvalue weighted by Gasteiger charge is 2.17. The Balaban J connectivity index is 2.72. The van der Waals surface area contributed by atoms with Gasteiger partial charge in [-0.3, -0.25) is 4.79 Å². The molecule has 0 bridgehead atoms. The van der Waals surface area contributed by atoms with E-state index in [0.29, 0.717) is 16.3 Å². The van der Waals surface area contributed by atoms with E-state index in [4.69, 9.17) is 10.8 Å². The number of carboxylic acids is 1. The fourth-order valence-corrected chi connectivity index (χ4v) is 1.69. The van der Waals surface area contributed by atoms with Crippen LogP contribution in [0.1, 0.15) is 11.6 Å². The summed E-state index contributed by atoms with van der Waals surface area (Å²) in [5.74, 6) is -1.51. The van der Waals surface area contributed by atoms with Crippen LogP contribution in [-0.4, -0.2) is 11.1 Å². The summed E-state index contributed by atoms with van der Waals surface area (Å²) in [7, 11) is 0. The lowest BCUT2D eigenvalue weighted by Gasteiger charge is -2.10. The lowest BCUT2D eigenvalue weighted by atomic mass is 9.99. The maximum Gasteiger partial charge on any atom is 0.325 e. The number of nitrogens with two attached hydrogens (primary N) is 1. The summed E-state index contributed by atoms with van der Waals surface area (Å²) < 4.78 is 13.4. The number of fused-ring (bicyclic) bond motifs is 1. The van der Waals surface area contributed by atoms with E-state index in [1.165, 1.54) is 12.1 Å². The van der Waals surface area contributed by atoms with Crippen LogP contribution >= 0.6 is 0 Å². The number of carbonyl (C=O) groups is 1. The SMILES string of the molecule is N[C@H](C(=O)O)c1ccc(F)c2ccccc12. The normalized spacial score (nSPS) is 12.6. The summed E-state index contributed by atoms with van der Waals surface area (Å²) >= 11 is 0. The second-order valence-electron chi connectivity index (χ2n) is 3.50. The largest absolute Gasteiger partial charge is 0.480 e. The van der Waals surface area contributed by atoms with Crippen molar-refractivity contribution in [1.29, 1.82) is 0 Å². The third-order valence-corrected chi connectivity index (χ3v) is 2.51. The molecular weight excluding hydrogens is 209 g/mol. The zero-order valence-electron chi connectivity index (χ0n) is 8.35. The van der Waals surface area contributed by atoms with Crippen LogP contribution in [0.5, 0.6) is 0 Å². The van der Waals surface area contributed by atoms with E-state index in [1.807, 2.05) is 0 Å². The van der Waals surface area contributed by atoms with E-state index < -0.39 is 12.0 Å². The maximum atomic E-state index is 13.4. The van der Waals surface area contributed by atoms with Crippen molar-refractivity contribution in [3.05, 3.63) is 47.8 Å². The van der Waals surface area contributed by atoms with Crippen molar-refractivity contribution in [2.45, 2.75) is 6.04 Å². The van der Waals surface area contributed by atoms with Gasteiger partial charge in [0.25, 0.3) is 0 Å². The number of halogens is 1. The van der Waals surface area contributed by atoms with Gasteiger partial charge in [0, 0.05) is 5.39 Å². The first-order valence-electron chi connectivity index (χ1n) is 4.77. The molecule has 4 heteroatoms. The number of carboxylic acid groups (broad SMARTS) is 1. The van der Waals surface area contributed by atoms with Gasteiger partial charge >= 0.3 is 5.97 Å². The first-order valence-corrected chi connectivity index (χ1v) is 4.77. The van der Waals surface area contributed by atoms with Crippen LogP contribution in [0.3, 0.4) is 0 Å². The van der Waals surface area contributed by atoms with E-state index in [2.05, 4.69) is 0 Å². The lowest BCUT2D eigenvalue weighted by molar-refractivity contribution is -0.138. The molecule has 0 aromatic heterocycles. The van der Waals surface area contributed by atoms with Crippen molar-refractivity contribution in [1.82, 2.24) is 0 Å². The Bertz CT molecular complexity index is 554. The zero-order valence-corrected chi connectivity index (χ0v) is 8.35. The molecule has 2 rings (SSSR count). The molecule has 0 saturated carbocycles. The van der Waals surface area contributed by atoms with Crippen LogP contribution < -0.4 is 5.73 Å². The first-order chi connectivity index (χ1) is 7.61. The van der Waals surface area contributed by atoms with Gasteiger partial charge in [-0.05, 0) is 17.0 Å². The summed E-state index contributed by atoms with van der Waals surface area (Å²) in [6.07, 6.45) is 0. The van der Waals surface area contributed by atoms with E-state index in [0.717, 1.165) is 0 Å². The number of hydrogen-bond donors (Lipinski definition) is 2. The second-order valence-corrected chi connectivity index (χ2v) is 3.50. The van der Waals surface area contributed by atoms with Gasteiger partial charge in [0.2, 0.25) is 0 Å². The van der Waals surface area contributed by atoms with E-state index in [1.54, 1.807) is 24.3 Å². The van der Waals surface area contributed by atoms with Crippen molar-refractivity contribution < 1.29 is 14.3 Å². The summed E-state index contributed by atoms with van der Waals surface area (Å²) in [5.41, 5.74) is 5.95. The Kier molecular flexibility index (Phi) is 2.58. The third kappa shape index (κ3) is 1.63. The van der Waals surface area contributed by atoms with Crippen molar-refractivity contribution in [2.24, 2.45) is 5.73 Å². The number of hydrogen-bond acceptors (Lipinski definition) is 2. The van der Waals surface area contributed by atoms with Crippen LogP contribution in [0.4, 0.5) is 4.39 Å². The molecule has 82 valence electrons. The minimum atomic E-state index is -1.13. The minimum absolute atomic E-state index is 0.378. The Morgan fingerprint density at radius 2 is 1.81 bits per heavy atom. The summed E-state index contributed by atoms with van der Waals surface area (Å²) in [6, 6.07) is 8.20. The monoisotopic (exact) mass is 219 g/mol. The van der Waals surface area contributed by atoms with Crippen molar-refractivity contribution in [2.75, 3.05) is 0 Å². The van der Waals surface area contributed by atoms with Gasteiger partial charge < -0.3 is 10.8 Å². The van der Waals surface area contributed by atoms with Crippen molar-refractivity contribution >= 4 is 16.7 Å². The molecule has 0 aliphatic rings. The minimum Gasteiger partial charge on any atom is -0.480 e. The molecule has 3 nitrogen and oxygen atoms in total. The van der Waals surface area contributed by atoms with Crippen LogP contribution in [0.15, 0.2) is 36.4 Å². The first kappa shape index (κ1) is 10.6. The van der Waals surface area contributed by atoms with Crippen LogP contribution in [-0.2, 0) is 4.79 Å². The number of aliphatic carboxylic acids is 1. The molecule has 0 spiro atoms. The highest BCUT2D eigenvalue weighted by Crippen LogP contribution is 2.25. The molecule has 2 aromatic carbocycles. The van der Waals surface area contributed by atoms with Crippen LogP contribution in [0.25, 0.3) is 10.8 Å². The molecule has 0 saturated heterocycles. The molecular formula is C12H10FNO2. The van der Waals surface area contributed by atoms with Gasteiger partial charge in [-0.1, -0.05) is 30.3 Å². The molecule has 0 radical (unpaired) electrons. The van der Waals surface area contributed by atoms with E-state index >= 15 is 0 Å². The third-order valence-electron chi connectivity index (χ3n) is 2.51. The van der Waals surface area contributed by atoms with Crippen molar-refractivity contribution in [3.63, 3.8) is 0 Å². The molecule has 16 heavy (non-hydrogen) atoms. The predicted molar refractivity (Wildman–Crippen MR) is 58.5 cm³/mol. The molecule has 1 atom stereocenters. The van der Waals surface area contributed by atoms with Crippen molar-refractivity contribution in [3.8, 4) is 0 Å². The molecule has 3 N–H and O–H groups in total. The van der Waals surface area contributed by atoms with E-state index in [-0.39, 0.29) is 5.82 Å². The zero-order chi connectivity index (χ0) is 11.7. The van der Waals surface area contributed by atoms with Gasteiger partial charge in [0.1, 0.15) is 11.9 Å². The predicted octanol–water partition coefficient (Wildman–Crippen LogP) is 2.06. The Labute approximate surface area is 91.3 Å². The highest BCUT2D eigenvalue weighted by molar-refractivity contribution is 5.90. The molecule has 2 aromatic rings. The quantitative estimate of drug-likeness (QED) is 0.812. The summed E-state index contributed by atoms with van der Waals surface area (Å²) in [4.78, 5) is 10.8. The fraction of sp³-hybridized carbons (Fsp3) is 0.0833. The molecule has 0 unspecified atom stereocenters. The topological polar surface area (TPSA) is 63.3 Å². The molecule has 0 amide bonds. The van der Waals surface area contributed by atoms with Gasteiger partial charge in [-0.2, -0.15) is 0 Å². The summed E-state index contributed by atoms with van der Waals surface area (Å²) in [5, 5.41) is 9.77. The van der Waals surface area contributed by atoms with E-state index in [9.17, 15) is 9.18 Å². The average Bonchev–Trinajstić information content (AvgIpc) is 2.29. The fourth-order valence-electron chi connectivity index (χ4n) is 1.69. The molecule has 0 heterocycles. The molecule has 0 aliphatic carbocycles. The Morgan fingerprint density at radius 3 is 2.44 bits per heavy atom. The van der Waals surface area contributed by atoms with Gasteiger partial charge in [-0.25, -0.2) is 4.39 Å². The van der Waals surface area contributed by atoms with Crippen LogP contribution in [0.2, 0.25) is 0 Å².